The molecule has 0 aromatic heterocycles. The van der Waals surface area contributed by atoms with Crippen molar-refractivity contribution in [2.75, 3.05) is 0 Å². The highest BCUT2D eigenvalue weighted by molar-refractivity contribution is 5.70. The summed E-state index contributed by atoms with van der Waals surface area (Å²) in [4.78, 5) is 0. The number of aryl methyl sites for hydroxylation is 3. The monoisotopic (exact) mass is 230 g/mol. The van der Waals surface area contributed by atoms with Gasteiger partial charge in [0.05, 0.1) is 0 Å². The van der Waals surface area contributed by atoms with Gasteiger partial charge < -0.3 is 5.11 Å². The van der Waals surface area contributed by atoms with Crippen LogP contribution >= 0.6 is 0 Å². The van der Waals surface area contributed by atoms with Crippen molar-refractivity contribution in [1.29, 1.82) is 0 Å². The molecule has 2 rings (SSSR count). The summed E-state index contributed by atoms with van der Waals surface area (Å²) >= 11 is 0. The Morgan fingerprint density at radius 1 is 0.882 bits per heavy atom. The van der Waals surface area contributed by atoms with Crippen molar-refractivity contribution in [3.05, 3.63) is 52.8 Å². The van der Waals surface area contributed by atoms with E-state index in [1.54, 1.807) is 12.1 Å². The Hall–Kier alpha value is -1.83. The molecule has 2 aromatic carbocycles. The smallest absolute Gasteiger partial charge is 0.131 e. The van der Waals surface area contributed by atoms with Crippen molar-refractivity contribution < 1.29 is 9.50 Å². The maximum absolute atomic E-state index is 13.9. The van der Waals surface area contributed by atoms with Gasteiger partial charge in [-0.3, -0.25) is 0 Å². The Kier molecular flexibility index (Phi) is 2.88. The number of hydrogen-bond acceptors (Lipinski definition) is 1. The summed E-state index contributed by atoms with van der Waals surface area (Å²) in [6.45, 7) is 5.54. The molecule has 0 atom stereocenters. The van der Waals surface area contributed by atoms with Gasteiger partial charge in [-0.05, 0) is 61.2 Å². The highest BCUT2D eigenvalue weighted by Gasteiger charge is 2.10. The third-order valence-electron chi connectivity index (χ3n) is 2.96. The maximum Gasteiger partial charge on any atom is 0.131 e. The van der Waals surface area contributed by atoms with Crippen LogP contribution in [-0.4, -0.2) is 5.11 Å². The van der Waals surface area contributed by atoms with Crippen LogP contribution in [0.2, 0.25) is 0 Å². The van der Waals surface area contributed by atoms with Crippen molar-refractivity contribution in [2.45, 2.75) is 20.8 Å². The van der Waals surface area contributed by atoms with Crippen molar-refractivity contribution in [1.82, 2.24) is 0 Å². The van der Waals surface area contributed by atoms with Gasteiger partial charge in [0, 0.05) is 5.56 Å². The minimum atomic E-state index is -0.224. The third-order valence-corrected chi connectivity index (χ3v) is 2.96. The predicted molar refractivity (Wildman–Crippen MR) is 67.7 cm³/mol. The zero-order valence-electron chi connectivity index (χ0n) is 10.2. The molecule has 0 saturated heterocycles. The first-order valence-electron chi connectivity index (χ1n) is 5.56. The van der Waals surface area contributed by atoms with Crippen LogP contribution in [0.15, 0.2) is 30.3 Å². The van der Waals surface area contributed by atoms with Crippen molar-refractivity contribution in [3.63, 3.8) is 0 Å². The Morgan fingerprint density at radius 2 is 1.59 bits per heavy atom. The van der Waals surface area contributed by atoms with Crippen LogP contribution in [0.3, 0.4) is 0 Å². The van der Waals surface area contributed by atoms with Crippen LogP contribution in [0.25, 0.3) is 11.1 Å². The Bertz CT molecular complexity index is 573. The molecule has 17 heavy (non-hydrogen) atoms. The lowest BCUT2D eigenvalue weighted by molar-refractivity contribution is 0.471. The molecule has 0 aliphatic rings. The minimum absolute atomic E-state index is 0.224. The molecule has 0 spiro atoms. The molecule has 0 fully saturated rings. The van der Waals surface area contributed by atoms with Crippen LogP contribution in [0.4, 0.5) is 4.39 Å². The fourth-order valence-corrected chi connectivity index (χ4v) is 1.93. The molecule has 0 radical (unpaired) electrons. The lowest BCUT2D eigenvalue weighted by Gasteiger charge is -2.10. The molecule has 88 valence electrons. The van der Waals surface area contributed by atoms with E-state index in [1.807, 2.05) is 32.9 Å². The number of halogens is 1. The molecule has 0 bridgehead atoms. The Morgan fingerprint density at radius 3 is 2.24 bits per heavy atom. The normalized spacial score (nSPS) is 10.6. The van der Waals surface area contributed by atoms with Crippen LogP contribution in [-0.2, 0) is 0 Å². The maximum atomic E-state index is 13.9. The molecule has 0 heterocycles. The molecule has 2 heteroatoms. The number of phenolic OH excluding ortho intramolecular Hbond substituents is 1. The average Bonchev–Trinajstić information content (AvgIpc) is 2.24. The molecule has 0 unspecified atom stereocenters. The lowest BCUT2D eigenvalue weighted by atomic mass is 9.96. The highest BCUT2D eigenvalue weighted by Crippen LogP contribution is 2.31. The molecular formula is C15H15FO. The Balaban J connectivity index is 2.64. The zero-order chi connectivity index (χ0) is 12.6. The summed E-state index contributed by atoms with van der Waals surface area (Å²) in [7, 11) is 0. The lowest BCUT2D eigenvalue weighted by Crippen LogP contribution is -1.90. The van der Waals surface area contributed by atoms with E-state index in [0.29, 0.717) is 5.56 Å². The second-order valence-electron chi connectivity index (χ2n) is 4.44. The summed E-state index contributed by atoms with van der Waals surface area (Å²) in [6, 6.07) is 8.68. The first-order chi connectivity index (χ1) is 7.99. The van der Waals surface area contributed by atoms with E-state index in [2.05, 4.69) is 0 Å². The van der Waals surface area contributed by atoms with Crippen LogP contribution in [0.1, 0.15) is 16.7 Å². The van der Waals surface area contributed by atoms with Crippen LogP contribution in [0.5, 0.6) is 5.75 Å². The molecule has 0 aliphatic heterocycles. The first kappa shape index (κ1) is 11.6. The third kappa shape index (κ3) is 2.16. The van der Waals surface area contributed by atoms with E-state index in [9.17, 15) is 9.50 Å². The number of rotatable bonds is 1. The minimum Gasteiger partial charge on any atom is -0.508 e. The molecule has 2 aromatic rings. The van der Waals surface area contributed by atoms with Crippen molar-refractivity contribution in [3.8, 4) is 16.9 Å². The van der Waals surface area contributed by atoms with Gasteiger partial charge in [0.1, 0.15) is 11.6 Å². The fourth-order valence-electron chi connectivity index (χ4n) is 1.93. The van der Waals surface area contributed by atoms with E-state index < -0.39 is 0 Å². The Labute approximate surface area is 101 Å². The van der Waals surface area contributed by atoms with Gasteiger partial charge in [0.2, 0.25) is 0 Å². The summed E-state index contributed by atoms with van der Waals surface area (Å²) in [5.74, 6) is 0.0250. The van der Waals surface area contributed by atoms with E-state index in [4.69, 9.17) is 0 Å². The standard InChI is InChI=1S/C15H15FO/c1-9-4-5-12(14(16)6-9)13-7-11(3)15(17)8-10(13)2/h4-8,17H,1-3H3. The van der Waals surface area contributed by atoms with Gasteiger partial charge in [-0.1, -0.05) is 12.1 Å². The molecule has 0 amide bonds. The number of benzene rings is 2. The fraction of sp³-hybridized carbons (Fsp3) is 0.200. The topological polar surface area (TPSA) is 20.2 Å². The van der Waals surface area contributed by atoms with Gasteiger partial charge in [0.15, 0.2) is 0 Å². The van der Waals surface area contributed by atoms with Crippen LogP contribution in [0, 0.1) is 26.6 Å². The largest absolute Gasteiger partial charge is 0.508 e. The molecule has 0 saturated carbocycles. The predicted octanol–water partition coefficient (Wildman–Crippen LogP) is 4.12. The van der Waals surface area contributed by atoms with E-state index in [0.717, 1.165) is 22.3 Å². The number of hydrogen-bond donors (Lipinski definition) is 1. The van der Waals surface area contributed by atoms with Gasteiger partial charge >= 0.3 is 0 Å². The van der Waals surface area contributed by atoms with Crippen molar-refractivity contribution >= 4 is 0 Å². The van der Waals surface area contributed by atoms with Gasteiger partial charge in [-0.25, -0.2) is 4.39 Å². The zero-order valence-corrected chi connectivity index (χ0v) is 10.2. The number of phenols is 1. The summed E-state index contributed by atoms with van der Waals surface area (Å²) < 4.78 is 13.9. The SMILES string of the molecule is Cc1ccc(-c2cc(C)c(O)cc2C)c(F)c1. The number of aromatic hydroxyl groups is 1. The highest BCUT2D eigenvalue weighted by atomic mass is 19.1. The van der Waals surface area contributed by atoms with Gasteiger partial charge in [-0.2, -0.15) is 0 Å². The molecule has 1 nitrogen and oxygen atoms in total. The summed E-state index contributed by atoms with van der Waals surface area (Å²) in [5, 5.41) is 9.59. The van der Waals surface area contributed by atoms with Gasteiger partial charge in [0.25, 0.3) is 0 Å². The van der Waals surface area contributed by atoms with E-state index >= 15 is 0 Å². The summed E-state index contributed by atoms with van der Waals surface area (Å²) in [5.41, 5.74) is 3.94. The average molecular weight is 230 g/mol. The summed E-state index contributed by atoms with van der Waals surface area (Å²) in [6.07, 6.45) is 0. The second kappa shape index (κ2) is 4.21. The van der Waals surface area contributed by atoms with Crippen molar-refractivity contribution in [2.24, 2.45) is 0 Å². The van der Waals surface area contributed by atoms with Gasteiger partial charge in [-0.15, -0.1) is 0 Å². The first-order valence-corrected chi connectivity index (χ1v) is 5.56. The molecule has 1 N–H and O–H groups in total. The molecule has 0 aliphatic carbocycles. The van der Waals surface area contributed by atoms with E-state index in [-0.39, 0.29) is 11.6 Å². The van der Waals surface area contributed by atoms with E-state index in [1.165, 1.54) is 6.07 Å². The molecular weight excluding hydrogens is 215 g/mol. The second-order valence-corrected chi connectivity index (χ2v) is 4.44. The van der Waals surface area contributed by atoms with Crippen LogP contribution < -0.4 is 0 Å². The quantitative estimate of drug-likeness (QED) is 0.781.